The van der Waals surface area contributed by atoms with E-state index in [4.69, 9.17) is 0 Å². The molecule has 1 amide bonds. The monoisotopic (exact) mass is 412 g/mol. The molecule has 0 unspecified atom stereocenters. The number of hydrogen-bond acceptors (Lipinski definition) is 4. The number of sulfone groups is 1. The first kappa shape index (κ1) is 20.2. The van der Waals surface area contributed by atoms with Gasteiger partial charge in [-0.25, -0.2) is 8.42 Å². The SMILES string of the molecule is O=C1CCCN1Cc1ccc(CNc2ccccc2S(=O)(=O)C(F)(F)F)cc1. The Labute approximate surface area is 161 Å². The fourth-order valence-electron chi connectivity index (χ4n) is 3.02. The summed E-state index contributed by atoms with van der Waals surface area (Å²) in [6, 6.07) is 12.2. The minimum Gasteiger partial charge on any atom is -0.380 e. The van der Waals surface area contributed by atoms with Crippen LogP contribution in [0.25, 0.3) is 0 Å². The van der Waals surface area contributed by atoms with Gasteiger partial charge in [0, 0.05) is 26.1 Å². The van der Waals surface area contributed by atoms with Crippen LogP contribution in [0.2, 0.25) is 0 Å². The quantitative estimate of drug-likeness (QED) is 0.786. The number of rotatable bonds is 6. The van der Waals surface area contributed by atoms with Crippen molar-refractivity contribution < 1.29 is 26.4 Å². The third kappa shape index (κ3) is 4.30. The Balaban J connectivity index is 1.69. The highest BCUT2D eigenvalue weighted by Crippen LogP contribution is 2.34. The number of alkyl halides is 3. The lowest BCUT2D eigenvalue weighted by Gasteiger charge is -2.16. The van der Waals surface area contributed by atoms with Crippen molar-refractivity contribution in [2.75, 3.05) is 11.9 Å². The number of anilines is 1. The van der Waals surface area contributed by atoms with Crippen LogP contribution >= 0.6 is 0 Å². The predicted octanol–water partition coefficient (Wildman–Crippen LogP) is 3.71. The van der Waals surface area contributed by atoms with Crippen LogP contribution in [-0.4, -0.2) is 31.3 Å². The Kier molecular flexibility index (Phi) is 5.64. The minimum absolute atomic E-state index is 0.105. The van der Waals surface area contributed by atoms with Crippen molar-refractivity contribution in [2.24, 2.45) is 0 Å². The second-order valence-electron chi connectivity index (χ2n) is 6.53. The molecule has 150 valence electrons. The van der Waals surface area contributed by atoms with Crippen LogP contribution in [-0.2, 0) is 27.7 Å². The molecular formula is C19H19F3N2O3S. The number of para-hydroxylation sites is 1. The molecule has 9 heteroatoms. The summed E-state index contributed by atoms with van der Waals surface area (Å²) in [6.07, 6.45) is 1.43. The zero-order chi connectivity index (χ0) is 20.4. The average molecular weight is 412 g/mol. The van der Waals surface area contributed by atoms with E-state index in [-0.39, 0.29) is 18.1 Å². The van der Waals surface area contributed by atoms with Gasteiger partial charge in [-0.05, 0) is 29.7 Å². The van der Waals surface area contributed by atoms with Crippen molar-refractivity contribution >= 4 is 21.4 Å². The van der Waals surface area contributed by atoms with Crippen molar-refractivity contribution in [1.82, 2.24) is 4.90 Å². The van der Waals surface area contributed by atoms with Crippen LogP contribution in [0.4, 0.5) is 18.9 Å². The van der Waals surface area contributed by atoms with Gasteiger partial charge in [-0.3, -0.25) is 4.79 Å². The number of nitrogens with zero attached hydrogens (tertiary/aromatic N) is 1. The number of hydrogen-bond donors (Lipinski definition) is 1. The van der Waals surface area contributed by atoms with E-state index in [1.54, 1.807) is 17.0 Å². The van der Waals surface area contributed by atoms with Crippen LogP contribution in [0.15, 0.2) is 53.4 Å². The van der Waals surface area contributed by atoms with Gasteiger partial charge >= 0.3 is 5.51 Å². The molecule has 2 aromatic rings. The van der Waals surface area contributed by atoms with Crippen molar-refractivity contribution in [3.63, 3.8) is 0 Å². The highest BCUT2D eigenvalue weighted by molar-refractivity contribution is 7.92. The van der Waals surface area contributed by atoms with E-state index in [1.807, 2.05) is 12.1 Å². The largest absolute Gasteiger partial charge is 0.501 e. The molecular weight excluding hydrogens is 393 g/mol. The first-order chi connectivity index (χ1) is 13.2. The maximum absolute atomic E-state index is 12.9. The molecule has 0 atom stereocenters. The molecule has 1 aliphatic rings. The van der Waals surface area contributed by atoms with Crippen LogP contribution in [0.1, 0.15) is 24.0 Å². The Morgan fingerprint density at radius 2 is 1.64 bits per heavy atom. The summed E-state index contributed by atoms with van der Waals surface area (Å²) in [5.41, 5.74) is -3.74. The van der Waals surface area contributed by atoms with Gasteiger partial charge in [0.05, 0.1) is 10.6 Å². The Bertz CT molecular complexity index is 957. The van der Waals surface area contributed by atoms with Crippen LogP contribution in [0.3, 0.4) is 0 Å². The van der Waals surface area contributed by atoms with E-state index >= 15 is 0 Å². The van der Waals surface area contributed by atoms with Gasteiger partial charge in [0.25, 0.3) is 9.84 Å². The maximum atomic E-state index is 12.9. The van der Waals surface area contributed by atoms with E-state index in [2.05, 4.69) is 5.32 Å². The van der Waals surface area contributed by atoms with Gasteiger partial charge in [-0.1, -0.05) is 36.4 Å². The average Bonchev–Trinajstić information content (AvgIpc) is 3.05. The van der Waals surface area contributed by atoms with Crippen molar-refractivity contribution in [1.29, 1.82) is 0 Å². The number of amides is 1. The first-order valence-electron chi connectivity index (χ1n) is 8.68. The van der Waals surface area contributed by atoms with Gasteiger partial charge in [0.15, 0.2) is 0 Å². The summed E-state index contributed by atoms with van der Waals surface area (Å²) in [5, 5.41) is 2.76. The number of nitrogens with one attached hydrogen (secondary N) is 1. The summed E-state index contributed by atoms with van der Waals surface area (Å²) in [7, 11) is -5.44. The summed E-state index contributed by atoms with van der Waals surface area (Å²) in [5.74, 6) is 0.133. The fourth-order valence-corrected chi connectivity index (χ4v) is 3.96. The molecule has 0 radical (unpaired) electrons. The van der Waals surface area contributed by atoms with Crippen LogP contribution in [0, 0.1) is 0 Å². The zero-order valence-electron chi connectivity index (χ0n) is 14.9. The van der Waals surface area contributed by atoms with Gasteiger partial charge < -0.3 is 10.2 Å². The first-order valence-corrected chi connectivity index (χ1v) is 10.2. The second kappa shape index (κ2) is 7.83. The molecule has 1 N–H and O–H groups in total. The lowest BCUT2D eigenvalue weighted by atomic mass is 10.1. The number of carbonyl (C=O) groups excluding carboxylic acids is 1. The Morgan fingerprint density at radius 1 is 1.00 bits per heavy atom. The minimum atomic E-state index is -5.44. The molecule has 1 fully saturated rings. The highest BCUT2D eigenvalue weighted by atomic mass is 32.2. The third-order valence-electron chi connectivity index (χ3n) is 4.53. The van der Waals surface area contributed by atoms with E-state index in [9.17, 15) is 26.4 Å². The van der Waals surface area contributed by atoms with Crippen LogP contribution < -0.4 is 5.32 Å². The highest BCUT2D eigenvalue weighted by Gasteiger charge is 2.47. The molecule has 0 saturated carbocycles. The number of likely N-dealkylation sites (tertiary alicyclic amines) is 1. The molecule has 28 heavy (non-hydrogen) atoms. The van der Waals surface area contributed by atoms with E-state index in [1.165, 1.54) is 18.2 Å². The lowest BCUT2D eigenvalue weighted by molar-refractivity contribution is -0.128. The molecule has 2 aromatic carbocycles. The predicted molar refractivity (Wildman–Crippen MR) is 98.1 cm³/mol. The van der Waals surface area contributed by atoms with Crippen LogP contribution in [0.5, 0.6) is 0 Å². The topological polar surface area (TPSA) is 66.5 Å². The molecule has 1 saturated heterocycles. The van der Waals surface area contributed by atoms with Crippen molar-refractivity contribution in [3.05, 3.63) is 59.7 Å². The van der Waals surface area contributed by atoms with Gasteiger partial charge in [0.1, 0.15) is 0 Å². The molecule has 1 aliphatic heterocycles. The van der Waals surface area contributed by atoms with Gasteiger partial charge in [-0.15, -0.1) is 0 Å². The smallest absolute Gasteiger partial charge is 0.380 e. The maximum Gasteiger partial charge on any atom is 0.501 e. The number of halogens is 3. The molecule has 3 rings (SSSR count). The second-order valence-corrected chi connectivity index (χ2v) is 8.44. The third-order valence-corrected chi connectivity index (χ3v) is 6.08. The van der Waals surface area contributed by atoms with Gasteiger partial charge in [0.2, 0.25) is 5.91 Å². The molecule has 5 nitrogen and oxygen atoms in total. The van der Waals surface area contributed by atoms with Gasteiger partial charge in [-0.2, -0.15) is 13.2 Å². The summed E-state index contributed by atoms with van der Waals surface area (Å²) in [6.45, 7) is 1.43. The summed E-state index contributed by atoms with van der Waals surface area (Å²) >= 11 is 0. The van der Waals surface area contributed by atoms with E-state index < -0.39 is 20.2 Å². The van der Waals surface area contributed by atoms with Crippen molar-refractivity contribution in [3.8, 4) is 0 Å². The Morgan fingerprint density at radius 3 is 2.25 bits per heavy atom. The molecule has 0 bridgehead atoms. The number of carbonyl (C=O) groups is 1. The molecule has 0 aromatic heterocycles. The summed E-state index contributed by atoms with van der Waals surface area (Å²) < 4.78 is 62.0. The standard InChI is InChI=1S/C19H19F3N2O3S/c20-19(21,22)28(26,27)17-5-2-1-4-16(17)23-12-14-7-9-15(10-8-14)13-24-11-3-6-18(24)25/h1-2,4-5,7-10,23H,3,6,11-13H2. The van der Waals surface area contributed by atoms with E-state index in [0.717, 1.165) is 30.2 Å². The molecule has 0 aliphatic carbocycles. The van der Waals surface area contributed by atoms with Crippen molar-refractivity contribution in [2.45, 2.75) is 36.3 Å². The zero-order valence-corrected chi connectivity index (χ0v) is 15.7. The van der Waals surface area contributed by atoms with E-state index in [0.29, 0.717) is 13.0 Å². The lowest BCUT2D eigenvalue weighted by Crippen LogP contribution is -2.24. The fraction of sp³-hybridized carbons (Fsp3) is 0.316. The number of benzene rings is 2. The normalized spacial score (nSPS) is 15.1. The Hall–Kier alpha value is -2.55. The summed E-state index contributed by atoms with van der Waals surface area (Å²) in [4.78, 5) is 12.7. The molecule has 0 spiro atoms. The molecule has 1 heterocycles.